The van der Waals surface area contributed by atoms with E-state index in [1.54, 1.807) is 7.05 Å². The summed E-state index contributed by atoms with van der Waals surface area (Å²) in [5.41, 5.74) is 2.92. The third-order valence-electron chi connectivity index (χ3n) is 5.45. The molecule has 2 aromatic rings. The minimum atomic E-state index is -0.555. The van der Waals surface area contributed by atoms with Crippen molar-refractivity contribution in [2.24, 2.45) is 4.99 Å². The van der Waals surface area contributed by atoms with Crippen LogP contribution in [0, 0.1) is 11.6 Å². The van der Waals surface area contributed by atoms with Gasteiger partial charge in [0.25, 0.3) is 0 Å². The van der Waals surface area contributed by atoms with Crippen molar-refractivity contribution in [3.8, 4) is 0 Å². The number of hydrogen-bond donors (Lipinski definition) is 2. The van der Waals surface area contributed by atoms with Crippen LogP contribution in [0.2, 0.25) is 0 Å². The van der Waals surface area contributed by atoms with E-state index in [1.807, 2.05) is 4.90 Å². The number of rotatable bonds is 7. The molecule has 162 valence electrons. The lowest BCUT2D eigenvalue weighted by molar-refractivity contribution is 0.345. The molecular weight excluding hydrogens is 384 g/mol. The quantitative estimate of drug-likeness (QED) is 0.538. The Kier molecular flexibility index (Phi) is 7.63. The molecular formula is C23H31F2N5. The van der Waals surface area contributed by atoms with Gasteiger partial charge in [0.1, 0.15) is 11.6 Å². The van der Waals surface area contributed by atoms with E-state index in [-0.39, 0.29) is 6.04 Å². The Morgan fingerprint density at radius 3 is 2.73 bits per heavy atom. The van der Waals surface area contributed by atoms with E-state index in [0.29, 0.717) is 25.3 Å². The van der Waals surface area contributed by atoms with Gasteiger partial charge < -0.3 is 20.4 Å². The first-order valence-electron chi connectivity index (χ1n) is 10.4. The molecule has 1 saturated heterocycles. The first kappa shape index (κ1) is 22.0. The second kappa shape index (κ2) is 10.4. The Morgan fingerprint density at radius 1 is 1.20 bits per heavy atom. The molecule has 1 heterocycles. The van der Waals surface area contributed by atoms with Crippen LogP contribution < -0.4 is 15.5 Å². The smallest absolute Gasteiger partial charge is 0.191 e. The standard InChI is InChI=1S/C23H31F2N5/c1-4-29(3)15-18-7-5-6-17(12-18)14-27-23(26-2)28-20-10-11-30(16-20)22-9-8-19(24)13-21(22)25/h5-9,12-13,20H,4,10-11,14-16H2,1-3H3,(H2,26,27,28). The van der Waals surface area contributed by atoms with Gasteiger partial charge in [-0.15, -0.1) is 0 Å². The molecule has 0 saturated carbocycles. The number of nitrogens with one attached hydrogen (secondary N) is 2. The van der Waals surface area contributed by atoms with Crippen LogP contribution in [-0.2, 0) is 13.1 Å². The molecule has 0 radical (unpaired) electrons. The van der Waals surface area contributed by atoms with E-state index in [4.69, 9.17) is 0 Å². The number of guanidine groups is 1. The SMILES string of the molecule is CCN(C)Cc1cccc(CNC(=NC)NC2CCN(c3ccc(F)cc3F)C2)c1. The van der Waals surface area contributed by atoms with Gasteiger partial charge in [-0.05, 0) is 43.3 Å². The van der Waals surface area contributed by atoms with Crippen LogP contribution in [0.3, 0.4) is 0 Å². The van der Waals surface area contributed by atoms with Crippen LogP contribution in [0.5, 0.6) is 0 Å². The van der Waals surface area contributed by atoms with Crippen molar-refractivity contribution in [2.45, 2.75) is 32.5 Å². The van der Waals surface area contributed by atoms with Crippen LogP contribution in [0.4, 0.5) is 14.5 Å². The van der Waals surface area contributed by atoms with Crippen molar-refractivity contribution in [3.05, 3.63) is 65.2 Å². The number of anilines is 1. The van der Waals surface area contributed by atoms with Gasteiger partial charge in [-0.2, -0.15) is 0 Å². The third kappa shape index (κ3) is 5.92. The monoisotopic (exact) mass is 415 g/mol. The van der Waals surface area contributed by atoms with Gasteiger partial charge in [0.15, 0.2) is 5.96 Å². The minimum absolute atomic E-state index is 0.144. The molecule has 0 aliphatic carbocycles. The van der Waals surface area contributed by atoms with Gasteiger partial charge in [0, 0.05) is 45.3 Å². The van der Waals surface area contributed by atoms with Crippen molar-refractivity contribution in [2.75, 3.05) is 38.6 Å². The normalized spacial score (nSPS) is 16.9. The van der Waals surface area contributed by atoms with Crippen LogP contribution in [0.25, 0.3) is 0 Å². The molecule has 0 bridgehead atoms. The van der Waals surface area contributed by atoms with Crippen molar-refractivity contribution in [1.82, 2.24) is 15.5 Å². The summed E-state index contributed by atoms with van der Waals surface area (Å²) in [5, 5.41) is 6.78. The van der Waals surface area contributed by atoms with E-state index in [9.17, 15) is 8.78 Å². The van der Waals surface area contributed by atoms with Gasteiger partial charge >= 0.3 is 0 Å². The summed E-state index contributed by atoms with van der Waals surface area (Å²) in [5.74, 6) is -0.357. The first-order valence-corrected chi connectivity index (χ1v) is 10.4. The van der Waals surface area contributed by atoms with Crippen molar-refractivity contribution in [1.29, 1.82) is 0 Å². The summed E-state index contributed by atoms with van der Waals surface area (Å²) >= 11 is 0. The third-order valence-corrected chi connectivity index (χ3v) is 5.45. The topological polar surface area (TPSA) is 42.9 Å². The summed E-state index contributed by atoms with van der Waals surface area (Å²) < 4.78 is 27.2. The number of halogens is 2. The highest BCUT2D eigenvalue weighted by atomic mass is 19.1. The van der Waals surface area contributed by atoms with Crippen molar-refractivity contribution < 1.29 is 8.78 Å². The van der Waals surface area contributed by atoms with Crippen molar-refractivity contribution in [3.63, 3.8) is 0 Å². The summed E-state index contributed by atoms with van der Waals surface area (Å²) in [4.78, 5) is 8.53. The molecule has 1 aliphatic heterocycles. The summed E-state index contributed by atoms with van der Waals surface area (Å²) in [6, 6.07) is 12.4. The van der Waals surface area contributed by atoms with E-state index in [2.05, 4.69) is 58.8 Å². The Balaban J connectivity index is 1.52. The molecule has 0 aromatic heterocycles. The maximum absolute atomic E-state index is 14.1. The predicted molar refractivity (Wildman–Crippen MR) is 119 cm³/mol. The Bertz CT molecular complexity index is 870. The molecule has 7 heteroatoms. The second-order valence-electron chi connectivity index (χ2n) is 7.75. The van der Waals surface area contributed by atoms with Gasteiger partial charge in [0.2, 0.25) is 0 Å². The maximum Gasteiger partial charge on any atom is 0.191 e. The Labute approximate surface area is 177 Å². The minimum Gasteiger partial charge on any atom is -0.367 e. The van der Waals surface area contributed by atoms with Crippen LogP contribution >= 0.6 is 0 Å². The highest BCUT2D eigenvalue weighted by molar-refractivity contribution is 5.80. The zero-order valence-electron chi connectivity index (χ0n) is 18.0. The highest BCUT2D eigenvalue weighted by Gasteiger charge is 2.25. The zero-order valence-corrected chi connectivity index (χ0v) is 18.0. The molecule has 2 aromatic carbocycles. The number of hydrogen-bond acceptors (Lipinski definition) is 3. The molecule has 1 fully saturated rings. The second-order valence-corrected chi connectivity index (χ2v) is 7.75. The van der Waals surface area contributed by atoms with E-state index < -0.39 is 11.6 Å². The summed E-state index contributed by atoms with van der Waals surface area (Å²) in [6.45, 7) is 6.11. The van der Waals surface area contributed by atoms with Gasteiger partial charge in [-0.3, -0.25) is 4.99 Å². The number of aliphatic imine (C=N–C) groups is 1. The van der Waals surface area contributed by atoms with Crippen LogP contribution in [-0.4, -0.2) is 50.6 Å². The average molecular weight is 416 g/mol. The largest absolute Gasteiger partial charge is 0.367 e. The Hall–Kier alpha value is -2.67. The summed E-state index contributed by atoms with van der Waals surface area (Å²) in [7, 11) is 3.85. The molecule has 5 nitrogen and oxygen atoms in total. The molecule has 1 aliphatic rings. The highest BCUT2D eigenvalue weighted by Crippen LogP contribution is 2.24. The van der Waals surface area contributed by atoms with E-state index in [1.165, 1.54) is 23.3 Å². The molecule has 30 heavy (non-hydrogen) atoms. The fourth-order valence-electron chi connectivity index (χ4n) is 3.67. The molecule has 1 atom stereocenters. The van der Waals surface area contributed by atoms with Crippen LogP contribution in [0.1, 0.15) is 24.5 Å². The average Bonchev–Trinajstić information content (AvgIpc) is 3.19. The molecule has 0 amide bonds. The fourth-order valence-corrected chi connectivity index (χ4v) is 3.67. The van der Waals surface area contributed by atoms with E-state index in [0.717, 1.165) is 31.5 Å². The van der Waals surface area contributed by atoms with Gasteiger partial charge in [-0.25, -0.2) is 8.78 Å². The maximum atomic E-state index is 14.1. The molecule has 0 spiro atoms. The lowest BCUT2D eigenvalue weighted by atomic mass is 10.1. The van der Waals surface area contributed by atoms with Crippen LogP contribution in [0.15, 0.2) is 47.5 Å². The predicted octanol–water partition coefficient (Wildman–Crippen LogP) is 3.36. The number of nitrogens with zero attached hydrogens (tertiary/aromatic N) is 3. The van der Waals surface area contributed by atoms with E-state index >= 15 is 0 Å². The van der Waals surface area contributed by atoms with Gasteiger partial charge in [-0.1, -0.05) is 31.2 Å². The molecule has 3 rings (SSSR count). The first-order chi connectivity index (χ1) is 14.5. The van der Waals surface area contributed by atoms with Crippen molar-refractivity contribution >= 4 is 11.6 Å². The molecule has 1 unspecified atom stereocenters. The van der Waals surface area contributed by atoms with Gasteiger partial charge in [0.05, 0.1) is 5.69 Å². The lowest BCUT2D eigenvalue weighted by Gasteiger charge is -2.21. The summed E-state index contributed by atoms with van der Waals surface area (Å²) in [6.07, 6.45) is 0.857. The number of benzene rings is 2. The zero-order chi connectivity index (χ0) is 21.5. The lowest BCUT2D eigenvalue weighted by Crippen LogP contribution is -2.44. The Morgan fingerprint density at radius 2 is 2.00 bits per heavy atom. The molecule has 2 N–H and O–H groups in total. The fraction of sp³-hybridized carbons (Fsp3) is 0.435.